The number of hydrogen-bond donors (Lipinski definition) is 1. The third kappa shape index (κ3) is 1.95. The van der Waals surface area contributed by atoms with Gasteiger partial charge in [0.15, 0.2) is 0 Å². The van der Waals surface area contributed by atoms with Gasteiger partial charge in [-0.2, -0.15) is 0 Å². The molecule has 48 valence electrons. The first-order valence-corrected chi connectivity index (χ1v) is 4.12. The highest BCUT2D eigenvalue weighted by molar-refractivity contribution is 7.36. The minimum atomic E-state index is -1.83. The quantitative estimate of drug-likeness (QED) is 0.499. The van der Waals surface area contributed by atoms with Crippen molar-refractivity contribution in [2.24, 2.45) is 0 Å². The van der Waals surface area contributed by atoms with E-state index in [0.29, 0.717) is 6.61 Å². The Morgan fingerprint density at radius 3 is 3.25 bits per heavy atom. The molecule has 0 amide bonds. The van der Waals surface area contributed by atoms with Crippen LogP contribution in [0.4, 0.5) is 0 Å². The molecule has 4 heteroatoms. The fourth-order valence-corrected chi connectivity index (χ4v) is 1.45. The SMILES string of the molecule is O=[PH]1NCCCCO1. The molecule has 0 aromatic carbocycles. The van der Waals surface area contributed by atoms with Crippen LogP contribution in [0, 0.1) is 0 Å². The van der Waals surface area contributed by atoms with Crippen molar-refractivity contribution in [2.75, 3.05) is 13.2 Å². The van der Waals surface area contributed by atoms with Crippen LogP contribution in [0.5, 0.6) is 0 Å². The van der Waals surface area contributed by atoms with E-state index in [4.69, 9.17) is 4.52 Å². The minimum Gasteiger partial charge on any atom is -0.320 e. The lowest BCUT2D eigenvalue weighted by Gasteiger charge is -1.95. The summed E-state index contributed by atoms with van der Waals surface area (Å²) in [6.45, 7) is 1.50. The second-order valence-electron chi connectivity index (χ2n) is 1.77. The predicted molar refractivity (Wildman–Crippen MR) is 32.2 cm³/mol. The average Bonchev–Trinajstić information content (AvgIpc) is 1.94. The molecule has 1 heterocycles. The molecule has 1 atom stereocenters. The molecule has 0 saturated carbocycles. The van der Waals surface area contributed by atoms with Crippen molar-refractivity contribution in [3.05, 3.63) is 0 Å². The fraction of sp³-hybridized carbons (Fsp3) is 1.00. The van der Waals surface area contributed by atoms with Gasteiger partial charge in [0.05, 0.1) is 6.61 Å². The summed E-state index contributed by atoms with van der Waals surface area (Å²) in [7, 11) is -1.83. The third-order valence-corrected chi connectivity index (χ3v) is 2.08. The average molecular weight is 135 g/mol. The molecule has 0 bridgehead atoms. The van der Waals surface area contributed by atoms with Crippen LogP contribution in [0.2, 0.25) is 0 Å². The summed E-state index contributed by atoms with van der Waals surface area (Å²) < 4.78 is 15.4. The molecule has 0 aromatic rings. The van der Waals surface area contributed by atoms with Crippen LogP contribution >= 0.6 is 8.18 Å². The summed E-state index contributed by atoms with van der Waals surface area (Å²) >= 11 is 0. The number of rotatable bonds is 0. The highest BCUT2D eigenvalue weighted by Gasteiger charge is 2.01. The van der Waals surface area contributed by atoms with Crippen LogP contribution in [0.1, 0.15) is 12.8 Å². The maximum absolute atomic E-state index is 10.5. The molecule has 1 unspecified atom stereocenters. The van der Waals surface area contributed by atoms with Gasteiger partial charge in [0.2, 0.25) is 0 Å². The van der Waals surface area contributed by atoms with Gasteiger partial charge in [-0.05, 0) is 12.8 Å². The molecule has 1 N–H and O–H groups in total. The van der Waals surface area contributed by atoms with Gasteiger partial charge in [0, 0.05) is 6.54 Å². The topological polar surface area (TPSA) is 38.3 Å². The Morgan fingerprint density at radius 1 is 1.50 bits per heavy atom. The van der Waals surface area contributed by atoms with Crippen molar-refractivity contribution in [2.45, 2.75) is 12.8 Å². The van der Waals surface area contributed by atoms with Crippen molar-refractivity contribution >= 4 is 8.18 Å². The Morgan fingerprint density at radius 2 is 2.38 bits per heavy atom. The first-order chi connectivity index (χ1) is 3.89. The minimum absolute atomic E-state index is 0.658. The zero-order chi connectivity index (χ0) is 5.82. The zero-order valence-corrected chi connectivity index (χ0v) is 5.64. The molecule has 0 aromatic heterocycles. The van der Waals surface area contributed by atoms with E-state index in [9.17, 15) is 4.57 Å². The predicted octanol–water partition coefficient (Wildman–Crippen LogP) is 0.776. The van der Waals surface area contributed by atoms with Crippen molar-refractivity contribution < 1.29 is 9.09 Å². The van der Waals surface area contributed by atoms with Crippen LogP contribution in [0.25, 0.3) is 0 Å². The molecular formula is C4H10NO2P. The Hall–Kier alpha value is 0.150. The smallest absolute Gasteiger partial charge is 0.258 e. The van der Waals surface area contributed by atoms with Gasteiger partial charge >= 0.3 is 0 Å². The number of nitrogens with one attached hydrogen (secondary N) is 1. The first-order valence-electron chi connectivity index (χ1n) is 2.80. The Kier molecular flexibility index (Phi) is 2.53. The van der Waals surface area contributed by atoms with E-state index in [1.165, 1.54) is 0 Å². The Labute approximate surface area is 49.3 Å². The monoisotopic (exact) mass is 135 g/mol. The van der Waals surface area contributed by atoms with Gasteiger partial charge < -0.3 is 4.52 Å². The summed E-state index contributed by atoms with van der Waals surface area (Å²) in [5.41, 5.74) is 0. The molecule has 1 aliphatic heterocycles. The maximum atomic E-state index is 10.5. The summed E-state index contributed by atoms with van der Waals surface area (Å²) in [6, 6.07) is 0. The van der Waals surface area contributed by atoms with E-state index >= 15 is 0 Å². The number of hydrogen-bond acceptors (Lipinski definition) is 2. The molecule has 1 saturated heterocycles. The molecule has 0 aliphatic carbocycles. The van der Waals surface area contributed by atoms with Gasteiger partial charge in [-0.3, -0.25) is 4.57 Å². The highest BCUT2D eigenvalue weighted by Crippen LogP contribution is 2.18. The van der Waals surface area contributed by atoms with Crippen LogP contribution < -0.4 is 5.09 Å². The van der Waals surface area contributed by atoms with Crippen LogP contribution in [0.15, 0.2) is 0 Å². The second kappa shape index (κ2) is 3.23. The van der Waals surface area contributed by atoms with Crippen LogP contribution in [0.3, 0.4) is 0 Å². The summed E-state index contributed by atoms with van der Waals surface area (Å²) in [5, 5.41) is 2.77. The molecule has 1 fully saturated rings. The van der Waals surface area contributed by atoms with E-state index in [1.54, 1.807) is 0 Å². The zero-order valence-electron chi connectivity index (χ0n) is 4.64. The van der Waals surface area contributed by atoms with Gasteiger partial charge in [0.1, 0.15) is 0 Å². The lowest BCUT2D eigenvalue weighted by molar-refractivity contribution is 0.328. The van der Waals surface area contributed by atoms with E-state index < -0.39 is 8.18 Å². The maximum Gasteiger partial charge on any atom is 0.258 e. The van der Waals surface area contributed by atoms with Gasteiger partial charge in [-0.15, -0.1) is 0 Å². The lowest BCUT2D eigenvalue weighted by atomic mass is 10.3. The molecule has 1 aliphatic rings. The van der Waals surface area contributed by atoms with E-state index in [0.717, 1.165) is 19.4 Å². The molecule has 1 rings (SSSR count). The van der Waals surface area contributed by atoms with Crippen LogP contribution in [-0.4, -0.2) is 13.2 Å². The van der Waals surface area contributed by atoms with E-state index in [-0.39, 0.29) is 0 Å². The van der Waals surface area contributed by atoms with Crippen molar-refractivity contribution in [1.82, 2.24) is 5.09 Å². The summed E-state index contributed by atoms with van der Waals surface area (Å²) in [4.78, 5) is 0. The Balaban J connectivity index is 2.27. The van der Waals surface area contributed by atoms with E-state index in [2.05, 4.69) is 5.09 Å². The fourth-order valence-electron chi connectivity index (χ4n) is 0.633. The normalized spacial score (nSPS) is 31.8. The summed E-state index contributed by atoms with van der Waals surface area (Å²) in [6.07, 6.45) is 2.11. The highest BCUT2D eigenvalue weighted by atomic mass is 31.1. The largest absolute Gasteiger partial charge is 0.320 e. The van der Waals surface area contributed by atoms with Gasteiger partial charge in [0.25, 0.3) is 8.18 Å². The van der Waals surface area contributed by atoms with Crippen molar-refractivity contribution in [3.8, 4) is 0 Å². The Bertz CT molecular complexity index is 86.0. The first kappa shape index (κ1) is 6.27. The third-order valence-electron chi connectivity index (χ3n) is 1.07. The lowest BCUT2D eigenvalue weighted by Crippen LogP contribution is -2.01. The molecule has 0 spiro atoms. The van der Waals surface area contributed by atoms with Crippen molar-refractivity contribution in [3.63, 3.8) is 0 Å². The summed E-state index contributed by atoms with van der Waals surface area (Å²) in [5.74, 6) is 0. The van der Waals surface area contributed by atoms with Crippen molar-refractivity contribution in [1.29, 1.82) is 0 Å². The van der Waals surface area contributed by atoms with Crippen LogP contribution in [-0.2, 0) is 9.09 Å². The van der Waals surface area contributed by atoms with E-state index in [1.807, 2.05) is 0 Å². The van der Waals surface area contributed by atoms with Gasteiger partial charge in [-0.25, -0.2) is 5.09 Å². The molecular weight excluding hydrogens is 125 g/mol. The standard InChI is InChI=1S/C4H10NO2P/c6-8-5-3-1-2-4-7-8/h8H,1-4H2,(H,5,6). The molecule has 0 radical (unpaired) electrons. The second-order valence-corrected chi connectivity index (χ2v) is 2.99. The van der Waals surface area contributed by atoms with Gasteiger partial charge in [-0.1, -0.05) is 0 Å². The molecule has 3 nitrogen and oxygen atoms in total. The molecule has 8 heavy (non-hydrogen) atoms.